The molecule has 0 spiro atoms. The number of nitrogens with one attached hydrogen (secondary N) is 1. The van der Waals surface area contributed by atoms with Gasteiger partial charge in [-0.15, -0.1) is 0 Å². The molecule has 0 aliphatic carbocycles. The number of hydrogen-bond donors (Lipinski definition) is 2. The van der Waals surface area contributed by atoms with E-state index in [0.29, 0.717) is 11.0 Å². The summed E-state index contributed by atoms with van der Waals surface area (Å²) in [5, 5.41) is 3.37. The van der Waals surface area contributed by atoms with Gasteiger partial charge in [-0.25, -0.2) is 4.98 Å². The molecule has 1 aromatic heterocycles. The highest BCUT2D eigenvalue weighted by Crippen LogP contribution is 2.12. The number of nitrogens with zero attached hydrogens (tertiary/aromatic N) is 2. The zero-order valence-corrected chi connectivity index (χ0v) is 12.2. The summed E-state index contributed by atoms with van der Waals surface area (Å²) < 4.78 is 0. The summed E-state index contributed by atoms with van der Waals surface area (Å²) in [7, 11) is 0. The average Bonchev–Trinajstić information content (AvgIpc) is 2.46. The van der Waals surface area contributed by atoms with Crippen LogP contribution in [0.25, 0.3) is 0 Å². The fraction of sp³-hybridized carbons (Fsp3) is 0.571. The van der Waals surface area contributed by atoms with Crippen molar-refractivity contribution in [3.8, 4) is 0 Å². The van der Waals surface area contributed by atoms with Crippen LogP contribution in [0.2, 0.25) is 0 Å². The molecule has 1 saturated heterocycles. The molecule has 104 valence electrons. The molecular weight excluding hydrogens is 256 g/mol. The first kappa shape index (κ1) is 14.2. The second-order valence-corrected chi connectivity index (χ2v) is 5.56. The summed E-state index contributed by atoms with van der Waals surface area (Å²) in [6.45, 7) is 5.62. The second-order valence-electron chi connectivity index (χ2n) is 5.12. The van der Waals surface area contributed by atoms with Gasteiger partial charge in [0.25, 0.3) is 0 Å². The van der Waals surface area contributed by atoms with Gasteiger partial charge in [-0.1, -0.05) is 18.6 Å². The first-order valence-corrected chi connectivity index (χ1v) is 7.31. The topological polar surface area (TPSA) is 54.2 Å². The highest BCUT2D eigenvalue weighted by atomic mass is 32.1. The summed E-state index contributed by atoms with van der Waals surface area (Å²) in [4.78, 5) is 7.25. The lowest BCUT2D eigenvalue weighted by molar-refractivity contribution is 0.180. The van der Waals surface area contributed by atoms with Crippen molar-refractivity contribution in [3.05, 3.63) is 23.9 Å². The number of piperidine rings is 1. The zero-order chi connectivity index (χ0) is 13.7. The Kier molecular flexibility index (Phi) is 5.10. The van der Waals surface area contributed by atoms with Gasteiger partial charge in [-0.3, -0.25) is 4.90 Å². The predicted molar refractivity (Wildman–Crippen MR) is 83.5 cm³/mol. The van der Waals surface area contributed by atoms with Gasteiger partial charge in [0.15, 0.2) is 0 Å². The van der Waals surface area contributed by atoms with Gasteiger partial charge in [0, 0.05) is 24.3 Å². The summed E-state index contributed by atoms with van der Waals surface area (Å²) >= 11 is 4.91. The highest BCUT2D eigenvalue weighted by Gasteiger charge is 2.16. The third kappa shape index (κ3) is 4.14. The van der Waals surface area contributed by atoms with Crippen molar-refractivity contribution in [1.29, 1.82) is 0 Å². The van der Waals surface area contributed by atoms with E-state index in [1.807, 2.05) is 12.1 Å². The lowest BCUT2D eigenvalue weighted by Crippen LogP contribution is -2.41. The van der Waals surface area contributed by atoms with Gasteiger partial charge < -0.3 is 11.1 Å². The van der Waals surface area contributed by atoms with Crippen LogP contribution in [0.15, 0.2) is 18.3 Å². The van der Waals surface area contributed by atoms with Crippen LogP contribution < -0.4 is 11.1 Å². The van der Waals surface area contributed by atoms with E-state index in [9.17, 15) is 0 Å². The van der Waals surface area contributed by atoms with Crippen LogP contribution in [0.3, 0.4) is 0 Å². The van der Waals surface area contributed by atoms with Gasteiger partial charge in [0.1, 0.15) is 10.8 Å². The Morgan fingerprint density at radius 3 is 2.74 bits per heavy atom. The summed E-state index contributed by atoms with van der Waals surface area (Å²) in [5.74, 6) is 0.879. The molecular formula is C14H22N4S. The van der Waals surface area contributed by atoms with Gasteiger partial charge >= 0.3 is 0 Å². The minimum absolute atomic E-state index is 0.390. The van der Waals surface area contributed by atoms with Crippen LogP contribution in [0.5, 0.6) is 0 Å². The predicted octanol–water partition coefficient (Wildman–Crippen LogP) is 2.00. The second kappa shape index (κ2) is 6.82. The Hall–Kier alpha value is -1.20. The zero-order valence-electron chi connectivity index (χ0n) is 11.4. The smallest absolute Gasteiger partial charge is 0.125 e. The van der Waals surface area contributed by atoms with Crippen LogP contribution in [0, 0.1) is 0 Å². The van der Waals surface area contributed by atoms with E-state index in [1.165, 1.54) is 32.4 Å². The molecule has 1 fully saturated rings. The molecule has 19 heavy (non-hydrogen) atoms. The number of hydrogen-bond acceptors (Lipinski definition) is 4. The summed E-state index contributed by atoms with van der Waals surface area (Å²) in [5.41, 5.74) is 6.36. The molecule has 1 aromatic rings. The summed E-state index contributed by atoms with van der Waals surface area (Å²) in [6.07, 6.45) is 5.74. The molecule has 4 nitrogen and oxygen atoms in total. The van der Waals surface area contributed by atoms with Crippen LogP contribution >= 0.6 is 12.2 Å². The van der Waals surface area contributed by atoms with Crippen LogP contribution in [-0.4, -0.2) is 40.5 Å². The van der Waals surface area contributed by atoms with E-state index in [-0.39, 0.29) is 0 Å². The van der Waals surface area contributed by atoms with Gasteiger partial charge in [0.2, 0.25) is 0 Å². The molecule has 5 heteroatoms. The van der Waals surface area contributed by atoms with Crippen molar-refractivity contribution in [2.45, 2.75) is 32.2 Å². The lowest BCUT2D eigenvalue weighted by atomic mass is 10.1. The van der Waals surface area contributed by atoms with E-state index < -0.39 is 0 Å². The number of likely N-dealkylation sites (tertiary alicyclic amines) is 1. The quantitative estimate of drug-likeness (QED) is 0.807. The van der Waals surface area contributed by atoms with Crippen LogP contribution in [0.4, 0.5) is 5.82 Å². The maximum Gasteiger partial charge on any atom is 0.125 e. The van der Waals surface area contributed by atoms with E-state index >= 15 is 0 Å². The molecule has 3 N–H and O–H groups in total. The standard InChI is InChI=1S/C14H22N4S/c1-11(18-7-3-2-4-8-18)9-16-13-6-5-12(10-17-13)14(15)19/h5-6,10-11H,2-4,7-9H2,1H3,(H2,15,19)(H,16,17). The number of aromatic nitrogens is 1. The molecule has 0 saturated carbocycles. The third-order valence-electron chi connectivity index (χ3n) is 3.64. The van der Waals surface area contributed by atoms with Gasteiger partial charge in [-0.2, -0.15) is 0 Å². The fourth-order valence-electron chi connectivity index (χ4n) is 2.38. The number of pyridine rings is 1. The number of anilines is 1. The largest absolute Gasteiger partial charge is 0.389 e. The van der Waals surface area contributed by atoms with Gasteiger partial charge in [0.05, 0.1) is 0 Å². The van der Waals surface area contributed by atoms with Crippen molar-refractivity contribution in [2.24, 2.45) is 5.73 Å². The molecule has 0 radical (unpaired) electrons. The Bertz CT molecular complexity index is 412. The molecule has 2 rings (SSSR count). The van der Waals surface area contributed by atoms with E-state index in [2.05, 4.69) is 22.1 Å². The summed E-state index contributed by atoms with van der Waals surface area (Å²) in [6, 6.07) is 4.37. The van der Waals surface area contributed by atoms with Crippen LogP contribution in [-0.2, 0) is 0 Å². The number of rotatable bonds is 5. The Balaban J connectivity index is 1.82. The Morgan fingerprint density at radius 2 is 2.16 bits per heavy atom. The third-order valence-corrected chi connectivity index (χ3v) is 3.88. The molecule has 2 heterocycles. The molecule has 1 atom stereocenters. The highest BCUT2D eigenvalue weighted by molar-refractivity contribution is 7.80. The molecule has 1 aliphatic heterocycles. The minimum atomic E-state index is 0.390. The van der Waals surface area contributed by atoms with Crippen molar-refractivity contribution in [1.82, 2.24) is 9.88 Å². The van der Waals surface area contributed by atoms with Crippen molar-refractivity contribution in [3.63, 3.8) is 0 Å². The van der Waals surface area contributed by atoms with Gasteiger partial charge in [-0.05, 0) is 45.0 Å². The Morgan fingerprint density at radius 1 is 1.42 bits per heavy atom. The maximum absolute atomic E-state index is 5.55. The van der Waals surface area contributed by atoms with E-state index in [1.54, 1.807) is 6.20 Å². The first-order valence-electron chi connectivity index (χ1n) is 6.90. The first-order chi connectivity index (χ1) is 9.16. The van der Waals surface area contributed by atoms with E-state index in [4.69, 9.17) is 18.0 Å². The van der Waals surface area contributed by atoms with E-state index in [0.717, 1.165) is 17.9 Å². The Labute approximate surface area is 120 Å². The van der Waals surface area contributed by atoms with Crippen molar-refractivity contribution < 1.29 is 0 Å². The average molecular weight is 278 g/mol. The minimum Gasteiger partial charge on any atom is -0.389 e. The SMILES string of the molecule is CC(CNc1ccc(C(N)=S)cn1)N1CCCCC1. The number of nitrogens with two attached hydrogens (primary N) is 1. The molecule has 0 amide bonds. The molecule has 1 unspecified atom stereocenters. The number of thiocarbonyl (C=S) groups is 1. The van der Waals surface area contributed by atoms with Crippen molar-refractivity contribution in [2.75, 3.05) is 25.0 Å². The van der Waals surface area contributed by atoms with Crippen LogP contribution in [0.1, 0.15) is 31.7 Å². The fourth-order valence-corrected chi connectivity index (χ4v) is 2.51. The molecule has 0 bridgehead atoms. The molecule has 0 aromatic carbocycles. The lowest BCUT2D eigenvalue weighted by Gasteiger charge is -2.32. The monoisotopic (exact) mass is 278 g/mol. The van der Waals surface area contributed by atoms with Crippen molar-refractivity contribution >= 4 is 23.0 Å². The maximum atomic E-state index is 5.55. The molecule has 1 aliphatic rings. The normalized spacial score (nSPS) is 17.9.